The summed E-state index contributed by atoms with van der Waals surface area (Å²) < 4.78 is 0. The van der Waals surface area contributed by atoms with Gasteiger partial charge in [0, 0.05) is 12.6 Å². The smallest absolute Gasteiger partial charge is 0.186 e. The van der Waals surface area contributed by atoms with Gasteiger partial charge in [0.25, 0.3) is 0 Å². The van der Waals surface area contributed by atoms with Crippen LogP contribution < -0.4 is 4.90 Å². The van der Waals surface area contributed by atoms with Gasteiger partial charge in [-0.2, -0.15) is 0 Å². The second-order valence-electron chi connectivity index (χ2n) is 7.47. The fourth-order valence-electron chi connectivity index (χ4n) is 3.86. The number of anilines is 1. The maximum atomic E-state index is 10.4. The van der Waals surface area contributed by atoms with E-state index in [1.165, 1.54) is 32.1 Å². The highest BCUT2D eigenvalue weighted by Gasteiger charge is 2.35. The van der Waals surface area contributed by atoms with Gasteiger partial charge in [-0.1, -0.05) is 44.9 Å². The number of aliphatic hydroxyl groups excluding tert-OH is 1. The molecule has 3 nitrogen and oxygen atoms in total. The molecule has 0 saturated carbocycles. The monoisotopic (exact) mass is 308 g/mol. The molecule has 0 bridgehead atoms. The molecule has 2 aliphatic rings. The summed E-state index contributed by atoms with van der Waals surface area (Å²) in [5.74, 6) is 0. The molecule has 1 aromatic rings. The molecule has 1 aliphatic carbocycles. The summed E-state index contributed by atoms with van der Waals surface area (Å²) in [5, 5.41) is 11.6. The SMILES string of the molecule is CCC1CCCCCN1c1nc2c(s1)C(O)CC(C)(C)C2. The van der Waals surface area contributed by atoms with Crippen molar-refractivity contribution in [3.05, 3.63) is 10.6 Å². The molecule has 2 unspecified atom stereocenters. The Kier molecular flexibility index (Phi) is 4.28. The highest BCUT2D eigenvalue weighted by Crippen LogP contribution is 2.45. The number of rotatable bonds is 2. The van der Waals surface area contributed by atoms with Crippen LogP contribution in [0.25, 0.3) is 0 Å². The van der Waals surface area contributed by atoms with Gasteiger partial charge in [0.05, 0.1) is 16.7 Å². The van der Waals surface area contributed by atoms with E-state index >= 15 is 0 Å². The highest BCUT2D eigenvalue weighted by atomic mass is 32.1. The average Bonchev–Trinajstić information content (AvgIpc) is 2.68. The number of hydrogen-bond acceptors (Lipinski definition) is 4. The molecule has 0 aromatic carbocycles. The van der Waals surface area contributed by atoms with E-state index < -0.39 is 0 Å². The first kappa shape index (κ1) is 15.3. The zero-order valence-corrected chi connectivity index (χ0v) is 14.4. The van der Waals surface area contributed by atoms with Crippen molar-refractivity contribution in [1.29, 1.82) is 0 Å². The molecule has 21 heavy (non-hydrogen) atoms. The van der Waals surface area contributed by atoms with E-state index in [9.17, 15) is 5.11 Å². The fraction of sp³-hybridized carbons (Fsp3) is 0.824. The Balaban J connectivity index is 1.89. The third-order valence-corrected chi connectivity index (χ3v) is 6.24. The molecule has 1 aliphatic heterocycles. The number of fused-ring (bicyclic) bond motifs is 1. The van der Waals surface area contributed by atoms with Crippen LogP contribution in [0.5, 0.6) is 0 Å². The summed E-state index contributed by atoms with van der Waals surface area (Å²) in [5.41, 5.74) is 1.32. The van der Waals surface area contributed by atoms with Crippen LogP contribution in [-0.2, 0) is 6.42 Å². The summed E-state index contributed by atoms with van der Waals surface area (Å²) >= 11 is 1.74. The van der Waals surface area contributed by atoms with E-state index in [4.69, 9.17) is 4.98 Å². The lowest BCUT2D eigenvalue weighted by Crippen LogP contribution is -2.34. The van der Waals surface area contributed by atoms with Crippen LogP contribution in [0, 0.1) is 5.41 Å². The van der Waals surface area contributed by atoms with Crippen molar-refractivity contribution in [2.75, 3.05) is 11.4 Å². The van der Waals surface area contributed by atoms with Gasteiger partial charge in [-0.05, 0) is 37.5 Å². The summed E-state index contributed by atoms with van der Waals surface area (Å²) in [7, 11) is 0. The van der Waals surface area contributed by atoms with Gasteiger partial charge in [0.1, 0.15) is 0 Å². The van der Waals surface area contributed by atoms with E-state index in [-0.39, 0.29) is 11.5 Å². The lowest BCUT2D eigenvalue weighted by molar-refractivity contribution is 0.102. The van der Waals surface area contributed by atoms with Crippen LogP contribution in [0.15, 0.2) is 0 Å². The standard InChI is InChI=1S/C17H28N2OS/c1-4-12-8-6-5-7-9-19(12)16-18-13-10-17(2,3)11-14(20)15(13)21-16/h12,14,20H,4-11H2,1-3H3. The largest absolute Gasteiger partial charge is 0.387 e. The molecule has 0 amide bonds. The predicted molar refractivity (Wildman–Crippen MR) is 89.1 cm³/mol. The molecule has 1 N–H and O–H groups in total. The Labute approximate surface area is 132 Å². The third-order valence-electron chi connectivity index (χ3n) is 5.00. The summed E-state index contributed by atoms with van der Waals surface area (Å²) in [6.07, 6.45) is 7.98. The Hall–Kier alpha value is -0.610. The lowest BCUT2D eigenvalue weighted by Gasteiger charge is -2.31. The van der Waals surface area contributed by atoms with E-state index in [2.05, 4.69) is 25.7 Å². The molecule has 118 valence electrons. The maximum Gasteiger partial charge on any atom is 0.186 e. The molecule has 1 saturated heterocycles. The number of nitrogens with zero attached hydrogens (tertiary/aromatic N) is 2. The fourth-order valence-corrected chi connectivity index (χ4v) is 5.02. The molecule has 1 aromatic heterocycles. The van der Waals surface area contributed by atoms with E-state index in [1.807, 2.05) is 0 Å². The van der Waals surface area contributed by atoms with Crippen LogP contribution in [0.2, 0.25) is 0 Å². The third kappa shape index (κ3) is 3.11. The van der Waals surface area contributed by atoms with Crippen LogP contribution in [0.1, 0.15) is 76.0 Å². The number of hydrogen-bond donors (Lipinski definition) is 1. The van der Waals surface area contributed by atoms with Crippen molar-refractivity contribution in [3.8, 4) is 0 Å². The van der Waals surface area contributed by atoms with E-state index in [0.717, 1.165) is 35.1 Å². The van der Waals surface area contributed by atoms with Crippen LogP contribution in [0.3, 0.4) is 0 Å². The molecule has 4 heteroatoms. The first-order valence-electron chi connectivity index (χ1n) is 8.44. The number of aliphatic hydroxyl groups is 1. The van der Waals surface area contributed by atoms with Crippen molar-refractivity contribution in [2.24, 2.45) is 5.41 Å². The molecule has 3 rings (SSSR count). The van der Waals surface area contributed by atoms with Gasteiger partial charge < -0.3 is 10.0 Å². The molecule has 2 atom stereocenters. The summed E-state index contributed by atoms with van der Waals surface area (Å²) in [4.78, 5) is 8.60. The van der Waals surface area contributed by atoms with Gasteiger partial charge in [0.15, 0.2) is 5.13 Å². The van der Waals surface area contributed by atoms with E-state index in [1.54, 1.807) is 11.3 Å². The second-order valence-corrected chi connectivity index (χ2v) is 8.48. The average molecular weight is 308 g/mol. The molecule has 1 fully saturated rings. The van der Waals surface area contributed by atoms with Crippen molar-refractivity contribution in [2.45, 2.75) is 77.9 Å². The molecule has 2 heterocycles. The van der Waals surface area contributed by atoms with Crippen LogP contribution in [0.4, 0.5) is 5.13 Å². The zero-order chi connectivity index (χ0) is 15.0. The van der Waals surface area contributed by atoms with Gasteiger partial charge in [-0.25, -0.2) is 4.98 Å². The first-order chi connectivity index (χ1) is 10.00. The predicted octanol–water partition coefficient (Wildman–Crippen LogP) is 4.31. The lowest BCUT2D eigenvalue weighted by atomic mass is 9.77. The van der Waals surface area contributed by atoms with Crippen LogP contribution >= 0.6 is 11.3 Å². The Morgan fingerprint density at radius 3 is 2.90 bits per heavy atom. The van der Waals surface area contributed by atoms with Crippen LogP contribution in [-0.4, -0.2) is 22.7 Å². The molecular formula is C17H28N2OS. The van der Waals surface area contributed by atoms with Gasteiger partial charge in [0.2, 0.25) is 0 Å². The van der Waals surface area contributed by atoms with Crippen molar-refractivity contribution in [1.82, 2.24) is 4.98 Å². The normalized spacial score (nSPS) is 29.0. The Morgan fingerprint density at radius 2 is 2.14 bits per heavy atom. The minimum Gasteiger partial charge on any atom is -0.387 e. The quantitative estimate of drug-likeness (QED) is 0.884. The topological polar surface area (TPSA) is 36.4 Å². The van der Waals surface area contributed by atoms with Gasteiger partial charge in [-0.15, -0.1) is 0 Å². The minimum absolute atomic E-state index is 0.167. The molecule has 0 radical (unpaired) electrons. The van der Waals surface area contributed by atoms with E-state index in [0.29, 0.717) is 6.04 Å². The number of thiazole rings is 1. The highest BCUT2D eigenvalue weighted by molar-refractivity contribution is 7.15. The van der Waals surface area contributed by atoms with Gasteiger partial charge >= 0.3 is 0 Å². The first-order valence-corrected chi connectivity index (χ1v) is 9.26. The minimum atomic E-state index is -0.318. The van der Waals surface area contributed by atoms with Crippen molar-refractivity contribution in [3.63, 3.8) is 0 Å². The van der Waals surface area contributed by atoms with Crippen molar-refractivity contribution >= 4 is 16.5 Å². The Morgan fingerprint density at radius 1 is 1.33 bits per heavy atom. The molecule has 0 spiro atoms. The second kappa shape index (κ2) is 5.88. The van der Waals surface area contributed by atoms with Crippen molar-refractivity contribution < 1.29 is 5.11 Å². The molecular weight excluding hydrogens is 280 g/mol. The summed E-state index contributed by atoms with van der Waals surface area (Å²) in [6.45, 7) is 7.89. The maximum absolute atomic E-state index is 10.4. The van der Waals surface area contributed by atoms with Gasteiger partial charge in [-0.3, -0.25) is 0 Å². The zero-order valence-electron chi connectivity index (χ0n) is 13.6. The Bertz CT molecular complexity index is 497. The number of aromatic nitrogens is 1. The summed E-state index contributed by atoms with van der Waals surface area (Å²) in [6, 6.07) is 0.630.